The van der Waals surface area contributed by atoms with Crippen molar-refractivity contribution in [3.05, 3.63) is 29.3 Å². The molecular weight excluding hydrogens is 250 g/mol. The minimum atomic E-state index is -2.42. The Morgan fingerprint density at radius 2 is 2.11 bits per heavy atom. The van der Waals surface area contributed by atoms with Crippen molar-refractivity contribution >= 4 is 5.69 Å². The van der Waals surface area contributed by atoms with Gasteiger partial charge in [-0.05, 0) is 25.1 Å². The van der Waals surface area contributed by atoms with E-state index < -0.39 is 6.43 Å². The van der Waals surface area contributed by atoms with Gasteiger partial charge in [-0.1, -0.05) is 24.6 Å². The molecule has 0 aliphatic heterocycles. The zero-order chi connectivity index (χ0) is 14.3. The van der Waals surface area contributed by atoms with Crippen molar-refractivity contribution in [3.8, 4) is 0 Å². The molecule has 108 valence electrons. The van der Waals surface area contributed by atoms with Gasteiger partial charge in [-0.15, -0.1) is 0 Å². The minimum absolute atomic E-state index is 0.138. The van der Waals surface area contributed by atoms with E-state index in [1.54, 1.807) is 0 Å². The zero-order valence-electron chi connectivity index (χ0n) is 11.5. The molecule has 1 rings (SSSR count). The second kappa shape index (κ2) is 8.07. The summed E-state index contributed by atoms with van der Waals surface area (Å²) in [5.41, 5.74) is 2.84. The van der Waals surface area contributed by atoms with Crippen LogP contribution in [0.5, 0.6) is 0 Å². The number of nitrogens with zero attached hydrogens (tertiary/aromatic N) is 1. The lowest BCUT2D eigenvalue weighted by Crippen LogP contribution is -2.32. The Balaban J connectivity index is 2.98. The van der Waals surface area contributed by atoms with Gasteiger partial charge in [0.05, 0.1) is 13.2 Å². The Labute approximate surface area is 113 Å². The van der Waals surface area contributed by atoms with E-state index >= 15 is 0 Å². The van der Waals surface area contributed by atoms with E-state index in [0.29, 0.717) is 6.54 Å². The quantitative estimate of drug-likeness (QED) is 0.761. The van der Waals surface area contributed by atoms with Gasteiger partial charge in [0.2, 0.25) is 0 Å². The number of halogens is 2. The summed E-state index contributed by atoms with van der Waals surface area (Å²) in [6.45, 7) is 5.15. The SMILES string of the molecule is CCNCc1cc(C)ccc1N(CCO)CC(F)F. The van der Waals surface area contributed by atoms with E-state index in [9.17, 15) is 8.78 Å². The fourth-order valence-corrected chi connectivity index (χ4v) is 2.02. The third-order valence-corrected chi connectivity index (χ3v) is 2.87. The first-order chi connectivity index (χ1) is 9.08. The van der Waals surface area contributed by atoms with Gasteiger partial charge in [0, 0.05) is 18.8 Å². The van der Waals surface area contributed by atoms with Crippen LogP contribution in [0, 0.1) is 6.92 Å². The molecule has 5 heteroatoms. The molecule has 0 aliphatic rings. The maximum absolute atomic E-state index is 12.6. The molecule has 3 nitrogen and oxygen atoms in total. The molecule has 0 radical (unpaired) electrons. The van der Waals surface area contributed by atoms with Crippen LogP contribution in [0.3, 0.4) is 0 Å². The topological polar surface area (TPSA) is 35.5 Å². The highest BCUT2D eigenvalue weighted by atomic mass is 19.3. The van der Waals surface area contributed by atoms with Gasteiger partial charge < -0.3 is 15.3 Å². The number of aryl methyl sites for hydroxylation is 1. The van der Waals surface area contributed by atoms with Crippen molar-refractivity contribution in [3.63, 3.8) is 0 Å². The summed E-state index contributed by atoms with van der Waals surface area (Å²) >= 11 is 0. The number of nitrogens with one attached hydrogen (secondary N) is 1. The summed E-state index contributed by atoms with van der Waals surface area (Å²) in [6, 6.07) is 5.74. The maximum atomic E-state index is 12.6. The lowest BCUT2D eigenvalue weighted by molar-refractivity contribution is 0.152. The molecule has 1 aromatic rings. The summed E-state index contributed by atoms with van der Waals surface area (Å²) < 4.78 is 25.2. The summed E-state index contributed by atoms with van der Waals surface area (Å²) in [4.78, 5) is 1.54. The third-order valence-electron chi connectivity index (χ3n) is 2.87. The third kappa shape index (κ3) is 5.12. The first kappa shape index (κ1) is 15.9. The highest BCUT2D eigenvalue weighted by molar-refractivity contribution is 5.55. The largest absolute Gasteiger partial charge is 0.395 e. The fraction of sp³-hybridized carbons (Fsp3) is 0.571. The smallest absolute Gasteiger partial charge is 0.255 e. The highest BCUT2D eigenvalue weighted by Gasteiger charge is 2.15. The number of rotatable bonds is 8. The van der Waals surface area contributed by atoms with Gasteiger partial charge >= 0.3 is 0 Å². The highest BCUT2D eigenvalue weighted by Crippen LogP contribution is 2.22. The Kier molecular flexibility index (Phi) is 6.73. The van der Waals surface area contributed by atoms with Crippen molar-refractivity contribution < 1.29 is 13.9 Å². The molecule has 0 saturated heterocycles. The van der Waals surface area contributed by atoms with Gasteiger partial charge in [0.15, 0.2) is 0 Å². The molecule has 2 N–H and O–H groups in total. The van der Waals surface area contributed by atoms with E-state index in [2.05, 4.69) is 5.32 Å². The van der Waals surface area contributed by atoms with Gasteiger partial charge in [-0.25, -0.2) is 8.78 Å². The number of aliphatic hydroxyl groups is 1. The average molecular weight is 272 g/mol. The second-order valence-electron chi connectivity index (χ2n) is 4.47. The summed E-state index contributed by atoms with van der Waals surface area (Å²) in [5, 5.41) is 12.2. The zero-order valence-corrected chi connectivity index (χ0v) is 11.5. The van der Waals surface area contributed by atoms with Crippen LogP contribution in [0.1, 0.15) is 18.1 Å². The molecule has 0 amide bonds. The van der Waals surface area contributed by atoms with Crippen molar-refractivity contribution in [2.24, 2.45) is 0 Å². The second-order valence-corrected chi connectivity index (χ2v) is 4.47. The Bertz CT molecular complexity index is 386. The molecule has 0 spiro atoms. The van der Waals surface area contributed by atoms with Gasteiger partial charge in [-0.2, -0.15) is 0 Å². The monoisotopic (exact) mass is 272 g/mol. The molecule has 0 fully saturated rings. The predicted octanol–water partition coefficient (Wildman–Crippen LogP) is 2.17. The molecule has 0 aromatic heterocycles. The molecule has 1 aromatic carbocycles. The Morgan fingerprint density at radius 3 is 2.68 bits per heavy atom. The van der Waals surface area contributed by atoms with Crippen LogP contribution >= 0.6 is 0 Å². The number of alkyl halides is 2. The van der Waals surface area contributed by atoms with E-state index in [1.165, 1.54) is 4.90 Å². The van der Waals surface area contributed by atoms with E-state index in [-0.39, 0.29) is 19.7 Å². The van der Waals surface area contributed by atoms with Crippen LogP contribution in [-0.2, 0) is 6.54 Å². The van der Waals surface area contributed by atoms with Crippen LogP contribution in [-0.4, -0.2) is 37.8 Å². The van der Waals surface area contributed by atoms with E-state index in [1.807, 2.05) is 32.0 Å². The summed E-state index contributed by atoms with van der Waals surface area (Å²) in [5.74, 6) is 0. The lowest BCUT2D eigenvalue weighted by atomic mass is 10.1. The van der Waals surface area contributed by atoms with Crippen molar-refractivity contribution in [1.82, 2.24) is 5.32 Å². The number of aliphatic hydroxyl groups excluding tert-OH is 1. The number of benzene rings is 1. The number of anilines is 1. The van der Waals surface area contributed by atoms with Crippen molar-refractivity contribution in [2.75, 3.05) is 31.1 Å². The molecule has 0 unspecified atom stereocenters. The van der Waals surface area contributed by atoms with Crippen LogP contribution in [0.15, 0.2) is 18.2 Å². The first-order valence-electron chi connectivity index (χ1n) is 6.52. The average Bonchev–Trinajstić information content (AvgIpc) is 2.35. The number of hydrogen-bond donors (Lipinski definition) is 2. The Hall–Kier alpha value is -1.20. The molecule has 0 aliphatic carbocycles. The minimum Gasteiger partial charge on any atom is -0.395 e. The molecule has 19 heavy (non-hydrogen) atoms. The van der Waals surface area contributed by atoms with Gasteiger partial charge in [0.25, 0.3) is 6.43 Å². The van der Waals surface area contributed by atoms with Crippen LogP contribution in [0.4, 0.5) is 14.5 Å². The summed E-state index contributed by atoms with van der Waals surface area (Å²) in [6.07, 6.45) is -2.42. The first-order valence-corrected chi connectivity index (χ1v) is 6.52. The number of hydrogen-bond acceptors (Lipinski definition) is 3. The van der Waals surface area contributed by atoms with Gasteiger partial charge in [-0.3, -0.25) is 0 Å². The normalized spacial score (nSPS) is 11.1. The fourth-order valence-electron chi connectivity index (χ4n) is 2.02. The maximum Gasteiger partial charge on any atom is 0.255 e. The molecule has 0 atom stereocenters. The molecule has 0 bridgehead atoms. The molecular formula is C14H22F2N2O. The van der Waals surface area contributed by atoms with E-state index in [0.717, 1.165) is 23.4 Å². The van der Waals surface area contributed by atoms with Crippen molar-refractivity contribution in [2.45, 2.75) is 26.8 Å². The predicted molar refractivity (Wildman–Crippen MR) is 73.9 cm³/mol. The summed E-state index contributed by atoms with van der Waals surface area (Å²) in [7, 11) is 0. The van der Waals surface area contributed by atoms with Crippen molar-refractivity contribution in [1.29, 1.82) is 0 Å². The lowest BCUT2D eigenvalue weighted by Gasteiger charge is -2.26. The van der Waals surface area contributed by atoms with Crippen LogP contribution in [0.2, 0.25) is 0 Å². The molecule has 0 heterocycles. The van der Waals surface area contributed by atoms with Crippen LogP contribution in [0.25, 0.3) is 0 Å². The van der Waals surface area contributed by atoms with E-state index in [4.69, 9.17) is 5.11 Å². The van der Waals surface area contributed by atoms with Gasteiger partial charge in [0.1, 0.15) is 0 Å². The standard InChI is InChI=1S/C14H22F2N2O/c1-3-17-9-12-8-11(2)4-5-13(12)18(6-7-19)10-14(15)16/h4-5,8,14,17,19H,3,6-7,9-10H2,1-2H3. The molecule has 0 saturated carbocycles. The Morgan fingerprint density at radius 1 is 1.37 bits per heavy atom. The van der Waals surface area contributed by atoms with Crippen LogP contribution < -0.4 is 10.2 Å².